The van der Waals surface area contributed by atoms with Crippen LogP contribution in [0.5, 0.6) is 0 Å². The normalized spacial score (nSPS) is 19.3. The number of alkyl halides is 3. The van der Waals surface area contributed by atoms with Crippen molar-refractivity contribution >= 4 is 22.3 Å². The minimum Gasteiger partial charge on any atom is -0.376 e. The molecule has 2 aliphatic heterocycles. The summed E-state index contributed by atoms with van der Waals surface area (Å²) < 4.78 is 75.6. The number of carbonyl (C=O) groups is 1. The number of amides is 1. The first-order chi connectivity index (χ1) is 31.0. The summed E-state index contributed by atoms with van der Waals surface area (Å²) in [4.78, 5) is 46.7. The Bertz CT molecular complexity index is 3340. The highest BCUT2D eigenvalue weighted by atomic mass is 19.4. The van der Waals surface area contributed by atoms with E-state index in [1.807, 2.05) is 23.6 Å². The maximum absolute atomic E-state index is 16.1. The highest BCUT2D eigenvalue weighted by Gasteiger charge is 2.53. The summed E-state index contributed by atoms with van der Waals surface area (Å²) in [6, 6.07) is 10.9. The number of aromatic amines is 1. The monoisotopic (exact) mass is 890 g/mol. The van der Waals surface area contributed by atoms with Gasteiger partial charge in [-0.15, -0.1) is 0 Å². The quantitative estimate of drug-likeness (QED) is 0.164. The molecule has 2 atom stereocenters. The molecule has 65 heavy (non-hydrogen) atoms. The molecule has 3 aliphatic rings. The standard InChI is InChI=1S/C46H42F4N10O5/c1-25-36-32(53-60(29-8-6-28(7-9-29)46(48,49)50)39(36)59-19-18-58(43(59)63)35-12-11-33-30(38(35)47)22-51-55(33)4)13-17-57(25)40(61)31-24-56-23-27(26-14-20-64-44(2,3)21-26)5-10-34(56)37(31)45(15-16-45)41-52-42(62)65-54-41/h5-12,18-19,22-26H,13-17,20-21H2,1-4H3,(H,52,54,62)/t25-,26+/m0/s1. The van der Waals surface area contributed by atoms with Crippen molar-refractivity contribution in [2.45, 2.75) is 82.0 Å². The van der Waals surface area contributed by atoms with E-state index in [4.69, 9.17) is 14.4 Å². The fraction of sp³-hybridized carbons (Fsp3) is 0.348. The van der Waals surface area contributed by atoms with Crippen molar-refractivity contribution in [3.8, 4) is 17.2 Å². The molecular weight excluding hydrogens is 849 g/mol. The van der Waals surface area contributed by atoms with Gasteiger partial charge in [0.15, 0.2) is 11.6 Å². The van der Waals surface area contributed by atoms with Gasteiger partial charge in [0.05, 0.1) is 67.9 Å². The highest BCUT2D eigenvalue weighted by molar-refractivity contribution is 5.99. The summed E-state index contributed by atoms with van der Waals surface area (Å²) in [6.45, 7) is 6.82. The average Bonchev–Trinajstić information content (AvgIpc) is 3.73. The molecule has 8 aromatic rings. The summed E-state index contributed by atoms with van der Waals surface area (Å²) >= 11 is 0. The van der Waals surface area contributed by atoms with Crippen LogP contribution in [0.4, 0.5) is 17.6 Å². The third kappa shape index (κ3) is 6.41. The van der Waals surface area contributed by atoms with E-state index < -0.39 is 40.5 Å². The van der Waals surface area contributed by atoms with E-state index in [1.54, 1.807) is 18.0 Å². The number of hydrogen-bond donors (Lipinski definition) is 1. The van der Waals surface area contributed by atoms with Gasteiger partial charge in [-0.25, -0.2) is 18.7 Å². The van der Waals surface area contributed by atoms with Crippen molar-refractivity contribution in [2.75, 3.05) is 13.2 Å². The van der Waals surface area contributed by atoms with Crippen LogP contribution in [-0.4, -0.2) is 72.8 Å². The zero-order valence-corrected chi connectivity index (χ0v) is 35.7. The van der Waals surface area contributed by atoms with Gasteiger partial charge in [-0.05, 0) is 100 Å². The Hall–Kier alpha value is -7.02. The Kier molecular flexibility index (Phi) is 8.92. The zero-order chi connectivity index (χ0) is 45.3. The molecule has 11 rings (SSSR count). The Morgan fingerprint density at radius 3 is 2.43 bits per heavy atom. The van der Waals surface area contributed by atoms with Crippen molar-refractivity contribution < 1.29 is 31.6 Å². The molecule has 2 fully saturated rings. The van der Waals surface area contributed by atoms with E-state index in [-0.39, 0.29) is 53.0 Å². The van der Waals surface area contributed by atoms with Gasteiger partial charge in [0.2, 0.25) is 0 Å². The lowest BCUT2D eigenvalue weighted by Gasteiger charge is -2.35. The van der Waals surface area contributed by atoms with Crippen LogP contribution in [0, 0.1) is 5.82 Å². The number of nitrogens with one attached hydrogen (secondary N) is 1. The van der Waals surface area contributed by atoms with Gasteiger partial charge in [-0.2, -0.15) is 23.4 Å². The lowest BCUT2D eigenvalue weighted by atomic mass is 9.84. The van der Waals surface area contributed by atoms with Crippen molar-refractivity contribution in [1.82, 2.24) is 48.1 Å². The predicted octanol–water partition coefficient (Wildman–Crippen LogP) is 7.30. The van der Waals surface area contributed by atoms with Crippen LogP contribution in [0.15, 0.2) is 93.6 Å². The smallest absolute Gasteiger partial charge is 0.376 e. The molecule has 15 nitrogen and oxygen atoms in total. The Labute approximate surface area is 366 Å². The van der Waals surface area contributed by atoms with Crippen LogP contribution in [-0.2, 0) is 29.8 Å². The Morgan fingerprint density at radius 2 is 1.72 bits per heavy atom. The summed E-state index contributed by atoms with van der Waals surface area (Å²) in [5, 5.41) is 13.3. The molecule has 0 radical (unpaired) electrons. The zero-order valence-electron chi connectivity index (χ0n) is 35.7. The van der Waals surface area contributed by atoms with Gasteiger partial charge < -0.3 is 14.0 Å². The van der Waals surface area contributed by atoms with E-state index in [0.717, 1.165) is 40.6 Å². The van der Waals surface area contributed by atoms with Crippen molar-refractivity contribution in [1.29, 1.82) is 0 Å². The van der Waals surface area contributed by atoms with E-state index in [0.29, 0.717) is 53.2 Å². The number of imidazole rings is 1. The van der Waals surface area contributed by atoms with Crippen molar-refractivity contribution in [3.05, 3.63) is 146 Å². The van der Waals surface area contributed by atoms with E-state index in [9.17, 15) is 22.8 Å². The first-order valence-corrected chi connectivity index (χ1v) is 21.4. The van der Waals surface area contributed by atoms with Gasteiger partial charge >= 0.3 is 17.6 Å². The Balaban J connectivity index is 1.04. The molecule has 0 unspecified atom stereocenters. The molecule has 2 aromatic carbocycles. The van der Waals surface area contributed by atoms with Crippen LogP contribution in [0.25, 0.3) is 33.6 Å². The van der Waals surface area contributed by atoms with Gasteiger partial charge in [0.1, 0.15) is 5.82 Å². The molecule has 0 bridgehead atoms. The number of nitrogens with zero attached hydrogens (tertiary/aromatic N) is 9. The number of benzene rings is 2. The second-order valence-corrected chi connectivity index (χ2v) is 18.0. The second kappa shape index (κ2) is 14.2. The van der Waals surface area contributed by atoms with Crippen molar-refractivity contribution in [3.63, 3.8) is 0 Å². The summed E-state index contributed by atoms with van der Waals surface area (Å²) in [5.41, 5.74) is 2.07. The SMILES string of the molecule is C[C@H]1c2c(nn(-c3ccc(C(F)(F)F)cc3)c2-n2ccn(-c3ccc4c(cnn4C)c3F)c2=O)CCN1C(=O)c1cn2cc([C@@H]3CCOC(C)(C)C3)ccc2c1C1(c2noc(=O)[nH]2)CC1. The number of halogens is 4. The second-order valence-electron chi connectivity index (χ2n) is 18.0. The number of aromatic nitrogens is 9. The minimum atomic E-state index is -4.60. The molecule has 1 saturated carbocycles. The molecule has 1 saturated heterocycles. The first-order valence-electron chi connectivity index (χ1n) is 21.4. The van der Waals surface area contributed by atoms with Gasteiger partial charge in [-0.3, -0.25) is 28.1 Å². The van der Waals surface area contributed by atoms with Crippen LogP contribution in [0.3, 0.4) is 0 Å². The topological polar surface area (TPSA) is 155 Å². The van der Waals surface area contributed by atoms with Gasteiger partial charge in [0.25, 0.3) is 5.91 Å². The fourth-order valence-electron chi connectivity index (χ4n) is 10.2. The highest BCUT2D eigenvalue weighted by Crippen LogP contribution is 2.55. The van der Waals surface area contributed by atoms with Crippen LogP contribution >= 0.6 is 0 Å². The lowest BCUT2D eigenvalue weighted by molar-refractivity contribution is -0.137. The molecule has 1 amide bonds. The molecule has 1 aliphatic carbocycles. The molecular formula is C46H42F4N10O5. The van der Waals surface area contributed by atoms with Gasteiger partial charge in [-0.1, -0.05) is 11.2 Å². The van der Waals surface area contributed by atoms with Crippen molar-refractivity contribution in [2.24, 2.45) is 7.05 Å². The maximum Gasteiger partial charge on any atom is 0.438 e. The summed E-state index contributed by atoms with van der Waals surface area (Å²) in [7, 11) is 1.68. The molecule has 19 heteroatoms. The number of aryl methyl sites for hydroxylation is 1. The number of pyridine rings is 1. The number of ether oxygens (including phenoxy) is 1. The molecule has 334 valence electrons. The molecule has 1 N–H and O–H groups in total. The average molecular weight is 891 g/mol. The minimum absolute atomic E-state index is 0.0342. The largest absolute Gasteiger partial charge is 0.438 e. The number of hydrogen-bond acceptors (Lipinski definition) is 8. The fourth-order valence-corrected chi connectivity index (χ4v) is 10.2. The molecule has 0 spiro atoms. The third-order valence-electron chi connectivity index (χ3n) is 13.6. The number of H-pyrrole nitrogens is 1. The maximum atomic E-state index is 16.1. The molecule has 6 aromatic heterocycles. The number of carbonyl (C=O) groups excluding carboxylic acids is 1. The lowest BCUT2D eigenvalue weighted by Crippen LogP contribution is -2.40. The van der Waals surface area contributed by atoms with E-state index >= 15 is 9.18 Å². The predicted molar refractivity (Wildman–Crippen MR) is 227 cm³/mol. The number of fused-ring (bicyclic) bond motifs is 3. The first kappa shape index (κ1) is 40.7. The van der Waals surface area contributed by atoms with Crippen LogP contribution in [0.1, 0.15) is 103 Å². The third-order valence-corrected chi connectivity index (χ3v) is 13.6. The van der Waals surface area contributed by atoms with E-state index in [2.05, 4.69) is 41.4 Å². The van der Waals surface area contributed by atoms with Crippen LogP contribution in [0.2, 0.25) is 0 Å². The summed E-state index contributed by atoms with van der Waals surface area (Å²) in [5.74, 6) is -0.952. The van der Waals surface area contributed by atoms with Gasteiger partial charge in [0, 0.05) is 62.5 Å². The summed E-state index contributed by atoms with van der Waals surface area (Å²) in [6.07, 6.45) is 6.62. The molecule has 8 heterocycles. The van der Waals surface area contributed by atoms with E-state index in [1.165, 1.54) is 50.7 Å². The number of rotatable bonds is 7. The Morgan fingerprint density at radius 1 is 0.969 bits per heavy atom. The van der Waals surface area contributed by atoms with Crippen LogP contribution < -0.4 is 11.4 Å².